The summed E-state index contributed by atoms with van der Waals surface area (Å²) in [5.41, 5.74) is 0. The van der Waals surface area contributed by atoms with Crippen LogP contribution in [-0.2, 0) is 4.74 Å². The van der Waals surface area contributed by atoms with Gasteiger partial charge >= 0.3 is 0 Å². The topological polar surface area (TPSA) is 81.2 Å². The van der Waals surface area contributed by atoms with E-state index in [0.29, 0.717) is 0 Å². The summed E-state index contributed by atoms with van der Waals surface area (Å²) in [6.07, 6.45) is 5.82. The smallest absolute Gasteiger partial charge is 0.225 e. The van der Waals surface area contributed by atoms with Crippen LogP contribution in [-0.4, -0.2) is 111 Å². The molecule has 0 spiro atoms. The lowest BCUT2D eigenvalue weighted by Gasteiger charge is -2.34. The van der Waals surface area contributed by atoms with E-state index in [-0.39, 0.29) is 24.0 Å². The second-order valence-electron chi connectivity index (χ2n) is 7.73. The average molecular weight is 547 g/mol. The summed E-state index contributed by atoms with van der Waals surface area (Å²) in [4.78, 5) is 20.7. The van der Waals surface area contributed by atoms with E-state index in [1.165, 1.54) is 0 Å². The Labute approximate surface area is 204 Å². The van der Waals surface area contributed by atoms with E-state index >= 15 is 0 Å². The average Bonchev–Trinajstić information content (AvgIpc) is 2.81. The summed E-state index contributed by atoms with van der Waals surface area (Å²) < 4.78 is 5.40. The van der Waals surface area contributed by atoms with Gasteiger partial charge in [0.05, 0.1) is 13.2 Å². The van der Waals surface area contributed by atoms with Crippen LogP contribution in [0.2, 0.25) is 0 Å². The molecule has 1 aromatic rings. The Morgan fingerprint density at radius 2 is 1.65 bits per heavy atom. The molecule has 176 valence electrons. The predicted molar refractivity (Wildman–Crippen MR) is 137 cm³/mol. The molecule has 9 nitrogen and oxygen atoms in total. The molecule has 2 N–H and O–H groups in total. The SMILES string of the molecule is CCNC(=NCCCN1CCOCC1)NCCCN1CCN(c2ncccn2)CC1.I. The fourth-order valence-corrected chi connectivity index (χ4v) is 3.79. The maximum absolute atomic E-state index is 5.40. The molecule has 2 fully saturated rings. The molecule has 2 aliphatic heterocycles. The summed E-state index contributed by atoms with van der Waals surface area (Å²) in [6.45, 7) is 14.9. The standard InChI is InChI=1S/C21H38N8O.HI/c1-2-22-20(24-9-5-11-28-16-18-30-19-17-28)23-8-4-10-27-12-14-29(15-13-27)21-25-6-3-7-26-21;/h3,6-7H,2,4-5,8-19H2,1H3,(H2,22,23,24);1H. The third-order valence-corrected chi connectivity index (χ3v) is 5.50. The molecule has 0 aliphatic carbocycles. The minimum absolute atomic E-state index is 0. The quantitative estimate of drug-likeness (QED) is 0.194. The molecule has 0 aromatic carbocycles. The Morgan fingerprint density at radius 1 is 0.968 bits per heavy atom. The molecule has 1 aromatic heterocycles. The molecule has 3 rings (SSSR count). The third-order valence-electron chi connectivity index (χ3n) is 5.50. The van der Waals surface area contributed by atoms with Gasteiger partial charge in [-0.1, -0.05) is 0 Å². The number of piperazine rings is 1. The van der Waals surface area contributed by atoms with Crippen LogP contribution in [0.1, 0.15) is 19.8 Å². The number of rotatable bonds is 10. The molecule has 0 unspecified atom stereocenters. The van der Waals surface area contributed by atoms with Gasteiger partial charge in [-0.3, -0.25) is 14.8 Å². The van der Waals surface area contributed by atoms with E-state index in [1.807, 2.05) is 18.5 Å². The maximum Gasteiger partial charge on any atom is 0.225 e. The van der Waals surface area contributed by atoms with Gasteiger partial charge in [-0.15, -0.1) is 24.0 Å². The van der Waals surface area contributed by atoms with Crippen molar-refractivity contribution >= 4 is 35.9 Å². The Hall–Kier alpha value is -1.24. The van der Waals surface area contributed by atoms with Gasteiger partial charge in [0, 0.05) is 77.8 Å². The summed E-state index contributed by atoms with van der Waals surface area (Å²) in [5.74, 6) is 1.78. The molecular formula is C21H39IN8O. The first kappa shape index (κ1) is 26.0. The molecule has 2 aliphatic rings. The lowest BCUT2D eigenvalue weighted by molar-refractivity contribution is 0.0377. The highest BCUT2D eigenvalue weighted by atomic mass is 127. The second-order valence-corrected chi connectivity index (χ2v) is 7.73. The highest BCUT2D eigenvalue weighted by molar-refractivity contribution is 14.0. The Balaban J connectivity index is 0.00000341. The number of hydrogen-bond donors (Lipinski definition) is 2. The van der Waals surface area contributed by atoms with Gasteiger partial charge in [0.25, 0.3) is 0 Å². The number of hydrogen-bond acceptors (Lipinski definition) is 7. The number of guanidine groups is 1. The van der Waals surface area contributed by atoms with E-state index in [4.69, 9.17) is 9.73 Å². The van der Waals surface area contributed by atoms with E-state index in [1.54, 1.807) is 0 Å². The fraction of sp³-hybridized carbons (Fsp3) is 0.762. The van der Waals surface area contributed by atoms with Gasteiger partial charge in [0.2, 0.25) is 5.95 Å². The number of nitrogens with one attached hydrogen (secondary N) is 2. The highest BCUT2D eigenvalue weighted by Gasteiger charge is 2.18. The van der Waals surface area contributed by atoms with Gasteiger partial charge in [0.15, 0.2) is 5.96 Å². The lowest BCUT2D eigenvalue weighted by atomic mass is 10.3. The van der Waals surface area contributed by atoms with Crippen molar-refractivity contribution in [3.8, 4) is 0 Å². The largest absolute Gasteiger partial charge is 0.379 e. The van der Waals surface area contributed by atoms with Gasteiger partial charge in [-0.25, -0.2) is 9.97 Å². The number of halogens is 1. The number of ether oxygens (including phenoxy) is 1. The Morgan fingerprint density at radius 3 is 2.35 bits per heavy atom. The molecule has 0 bridgehead atoms. The number of morpholine rings is 1. The van der Waals surface area contributed by atoms with Crippen LogP contribution >= 0.6 is 24.0 Å². The predicted octanol–water partition coefficient (Wildman–Crippen LogP) is 0.884. The lowest BCUT2D eigenvalue weighted by Crippen LogP contribution is -2.47. The van der Waals surface area contributed by atoms with Crippen LogP contribution in [0.3, 0.4) is 0 Å². The van der Waals surface area contributed by atoms with Crippen LogP contribution < -0.4 is 15.5 Å². The Kier molecular flexibility index (Phi) is 13.0. The first-order valence-electron chi connectivity index (χ1n) is 11.4. The van der Waals surface area contributed by atoms with Gasteiger partial charge in [-0.2, -0.15) is 0 Å². The van der Waals surface area contributed by atoms with Crippen molar-refractivity contribution in [1.82, 2.24) is 30.4 Å². The molecule has 10 heteroatoms. The zero-order chi connectivity index (χ0) is 20.9. The summed E-state index contributed by atoms with van der Waals surface area (Å²) in [7, 11) is 0. The summed E-state index contributed by atoms with van der Waals surface area (Å²) >= 11 is 0. The van der Waals surface area contributed by atoms with Crippen LogP contribution in [0.15, 0.2) is 23.5 Å². The zero-order valence-electron chi connectivity index (χ0n) is 18.8. The first-order chi connectivity index (χ1) is 14.8. The van der Waals surface area contributed by atoms with E-state index in [2.05, 4.69) is 42.2 Å². The van der Waals surface area contributed by atoms with Crippen LogP contribution in [0, 0.1) is 0 Å². The number of aliphatic imine (C=N–C) groups is 1. The van der Waals surface area contributed by atoms with Crippen molar-refractivity contribution in [2.45, 2.75) is 19.8 Å². The molecule has 0 saturated carbocycles. The number of aromatic nitrogens is 2. The van der Waals surface area contributed by atoms with Crippen LogP contribution in [0.25, 0.3) is 0 Å². The minimum Gasteiger partial charge on any atom is -0.379 e. The van der Waals surface area contributed by atoms with E-state index in [0.717, 1.165) is 110 Å². The van der Waals surface area contributed by atoms with Crippen molar-refractivity contribution in [3.05, 3.63) is 18.5 Å². The minimum atomic E-state index is 0. The summed E-state index contributed by atoms with van der Waals surface area (Å²) in [5, 5.41) is 6.84. The maximum atomic E-state index is 5.40. The van der Waals surface area contributed by atoms with Gasteiger partial charge < -0.3 is 20.3 Å². The highest BCUT2D eigenvalue weighted by Crippen LogP contribution is 2.09. The van der Waals surface area contributed by atoms with Crippen LogP contribution in [0.5, 0.6) is 0 Å². The van der Waals surface area contributed by atoms with Crippen molar-refractivity contribution in [3.63, 3.8) is 0 Å². The Bertz CT molecular complexity index is 607. The molecule has 0 amide bonds. The molecule has 0 atom stereocenters. The zero-order valence-corrected chi connectivity index (χ0v) is 21.2. The normalized spacial score (nSPS) is 18.5. The number of nitrogens with zero attached hydrogens (tertiary/aromatic N) is 6. The molecule has 3 heterocycles. The van der Waals surface area contributed by atoms with E-state index < -0.39 is 0 Å². The van der Waals surface area contributed by atoms with Gasteiger partial charge in [-0.05, 0) is 32.4 Å². The summed E-state index contributed by atoms with van der Waals surface area (Å²) in [6, 6.07) is 1.86. The van der Waals surface area contributed by atoms with Gasteiger partial charge in [0.1, 0.15) is 0 Å². The monoisotopic (exact) mass is 546 g/mol. The third kappa shape index (κ3) is 9.84. The second kappa shape index (κ2) is 15.5. The molecule has 31 heavy (non-hydrogen) atoms. The van der Waals surface area contributed by atoms with Crippen molar-refractivity contribution in [1.29, 1.82) is 0 Å². The van der Waals surface area contributed by atoms with Crippen molar-refractivity contribution < 1.29 is 4.74 Å². The number of anilines is 1. The molecule has 2 saturated heterocycles. The first-order valence-corrected chi connectivity index (χ1v) is 11.4. The molecular weight excluding hydrogens is 507 g/mol. The fourth-order valence-electron chi connectivity index (χ4n) is 3.79. The molecule has 0 radical (unpaired) electrons. The van der Waals surface area contributed by atoms with Crippen molar-refractivity contribution in [2.75, 3.05) is 90.1 Å². The van der Waals surface area contributed by atoms with Crippen molar-refractivity contribution in [2.24, 2.45) is 4.99 Å². The van der Waals surface area contributed by atoms with E-state index in [9.17, 15) is 0 Å². The van der Waals surface area contributed by atoms with Crippen LogP contribution in [0.4, 0.5) is 5.95 Å².